The van der Waals surface area contributed by atoms with Gasteiger partial charge in [0.1, 0.15) is 0 Å². The quantitative estimate of drug-likeness (QED) is 0.598. The normalized spacial score (nSPS) is 14.2. The molecular weight excluding hydrogens is 312 g/mol. The van der Waals surface area contributed by atoms with Crippen molar-refractivity contribution in [3.63, 3.8) is 0 Å². The van der Waals surface area contributed by atoms with Crippen molar-refractivity contribution in [3.8, 4) is 0 Å². The Morgan fingerprint density at radius 2 is 1.76 bits per heavy atom. The zero-order chi connectivity index (χ0) is 15.6. The average molecular weight is 337 g/mol. The van der Waals surface area contributed by atoms with E-state index in [1.165, 1.54) is 30.7 Å². The molecule has 1 aromatic heterocycles. The highest BCUT2D eigenvalue weighted by Gasteiger charge is 2.21. The minimum atomic E-state index is -0.0446. The molecule has 0 aliphatic carbocycles. The Morgan fingerprint density at radius 1 is 1.14 bits per heavy atom. The summed E-state index contributed by atoms with van der Waals surface area (Å²) >= 11 is 8.62. The van der Waals surface area contributed by atoms with Crippen molar-refractivity contribution in [2.45, 2.75) is 61.3 Å². The van der Waals surface area contributed by atoms with Gasteiger partial charge in [0.05, 0.1) is 4.21 Å². The summed E-state index contributed by atoms with van der Waals surface area (Å²) in [6.45, 7) is 11.0. The van der Waals surface area contributed by atoms with Crippen LogP contribution in [0.25, 0.3) is 0 Å². The van der Waals surface area contributed by atoms with Gasteiger partial charge in [0.15, 0.2) is 0 Å². The van der Waals surface area contributed by atoms with Crippen LogP contribution in [0.1, 0.15) is 48.8 Å². The molecule has 0 saturated heterocycles. The van der Waals surface area contributed by atoms with Crippen LogP contribution in [0.4, 0.5) is 0 Å². The SMILES string of the molecule is CCc1ccc(Sc2c(C)cc(C(C)(S)CC)cc2C)s1. The van der Waals surface area contributed by atoms with Crippen molar-refractivity contribution in [2.75, 3.05) is 0 Å². The molecule has 0 aliphatic heterocycles. The number of thiophene rings is 1. The van der Waals surface area contributed by atoms with Crippen LogP contribution in [0.15, 0.2) is 33.4 Å². The second-order valence-electron chi connectivity index (χ2n) is 5.74. The van der Waals surface area contributed by atoms with Gasteiger partial charge in [-0.05, 0) is 62.4 Å². The molecule has 114 valence electrons. The first-order valence-electron chi connectivity index (χ1n) is 7.48. The Bertz CT molecular complexity index is 600. The number of benzene rings is 1. The van der Waals surface area contributed by atoms with Crippen molar-refractivity contribution in [1.29, 1.82) is 0 Å². The molecule has 0 aliphatic rings. The molecule has 1 aromatic carbocycles. The highest BCUT2D eigenvalue weighted by molar-refractivity contribution is 8.01. The lowest BCUT2D eigenvalue weighted by Gasteiger charge is -2.24. The topological polar surface area (TPSA) is 0 Å². The molecule has 0 amide bonds. The van der Waals surface area contributed by atoms with E-state index in [0.717, 1.165) is 12.8 Å². The summed E-state index contributed by atoms with van der Waals surface area (Å²) in [5.74, 6) is 0. The summed E-state index contributed by atoms with van der Waals surface area (Å²) in [6.07, 6.45) is 2.16. The van der Waals surface area contributed by atoms with Crippen LogP contribution in [0, 0.1) is 13.8 Å². The van der Waals surface area contributed by atoms with E-state index in [1.54, 1.807) is 0 Å². The Balaban J connectivity index is 2.33. The van der Waals surface area contributed by atoms with Crippen LogP contribution in [-0.4, -0.2) is 0 Å². The second kappa shape index (κ2) is 6.80. The van der Waals surface area contributed by atoms with Crippen molar-refractivity contribution >= 4 is 35.7 Å². The zero-order valence-corrected chi connectivity index (χ0v) is 16.0. The molecule has 0 N–H and O–H groups in total. The molecule has 2 rings (SSSR count). The molecule has 0 nitrogen and oxygen atoms in total. The molecule has 0 radical (unpaired) electrons. The largest absolute Gasteiger partial charge is 0.168 e. The first kappa shape index (κ1) is 17.0. The Hall–Kier alpha value is -0.380. The molecule has 0 fully saturated rings. The average Bonchev–Trinajstić information content (AvgIpc) is 2.90. The minimum absolute atomic E-state index is 0.0446. The van der Waals surface area contributed by atoms with Gasteiger partial charge in [-0.25, -0.2) is 0 Å². The summed E-state index contributed by atoms with van der Waals surface area (Å²) in [5.41, 5.74) is 4.04. The van der Waals surface area contributed by atoms with Crippen molar-refractivity contribution < 1.29 is 0 Å². The summed E-state index contributed by atoms with van der Waals surface area (Å²) in [5, 5.41) is 0. The third kappa shape index (κ3) is 3.88. The van der Waals surface area contributed by atoms with Gasteiger partial charge in [-0.1, -0.05) is 37.7 Å². The van der Waals surface area contributed by atoms with Gasteiger partial charge < -0.3 is 0 Å². The van der Waals surface area contributed by atoms with E-state index in [1.807, 2.05) is 23.1 Å². The van der Waals surface area contributed by atoms with Gasteiger partial charge >= 0.3 is 0 Å². The van der Waals surface area contributed by atoms with Crippen LogP contribution in [0.5, 0.6) is 0 Å². The smallest absolute Gasteiger partial charge is 0.0649 e. The lowest BCUT2D eigenvalue weighted by Crippen LogP contribution is -2.12. The lowest BCUT2D eigenvalue weighted by atomic mass is 9.94. The van der Waals surface area contributed by atoms with Crippen LogP contribution >= 0.6 is 35.7 Å². The lowest BCUT2D eigenvalue weighted by molar-refractivity contribution is 0.669. The fraction of sp³-hybridized carbons (Fsp3) is 0.444. The van der Waals surface area contributed by atoms with E-state index >= 15 is 0 Å². The third-order valence-electron chi connectivity index (χ3n) is 3.96. The molecule has 3 heteroatoms. The Kier molecular flexibility index (Phi) is 5.50. The molecule has 0 spiro atoms. The molecule has 1 atom stereocenters. The van der Waals surface area contributed by atoms with E-state index < -0.39 is 0 Å². The highest BCUT2D eigenvalue weighted by Crippen LogP contribution is 2.40. The number of rotatable bonds is 5. The van der Waals surface area contributed by atoms with E-state index in [2.05, 4.69) is 58.9 Å². The monoisotopic (exact) mass is 336 g/mol. The predicted octanol–water partition coefficient (Wildman–Crippen LogP) is 6.63. The molecule has 2 aromatic rings. The van der Waals surface area contributed by atoms with Crippen molar-refractivity contribution in [2.24, 2.45) is 0 Å². The van der Waals surface area contributed by atoms with Gasteiger partial charge in [0.25, 0.3) is 0 Å². The first-order valence-corrected chi connectivity index (χ1v) is 9.56. The first-order chi connectivity index (χ1) is 9.87. The van der Waals surface area contributed by atoms with E-state index in [0.29, 0.717) is 0 Å². The number of aryl methyl sites for hydroxylation is 3. The van der Waals surface area contributed by atoms with Gasteiger partial charge in [-0.2, -0.15) is 12.6 Å². The van der Waals surface area contributed by atoms with Crippen LogP contribution in [0.3, 0.4) is 0 Å². The van der Waals surface area contributed by atoms with Gasteiger partial charge in [0.2, 0.25) is 0 Å². The predicted molar refractivity (Wildman–Crippen MR) is 100 cm³/mol. The summed E-state index contributed by atoms with van der Waals surface area (Å²) in [6, 6.07) is 9.10. The fourth-order valence-electron chi connectivity index (χ4n) is 2.33. The number of hydrogen-bond donors (Lipinski definition) is 1. The van der Waals surface area contributed by atoms with E-state index in [9.17, 15) is 0 Å². The maximum atomic E-state index is 4.82. The van der Waals surface area contributed by atoms with Crippen molar-refractivity contribution in [1.82, 2.24) is 0 Å². The summed E-state index contributed by atoms with van der Waals surface area (Å²) in [7, 11) is 0. The van der Waals surface area contributed by atoms with Gasteiger partial charge in [-0.3, -0.25) is 0 Å². The maximum absolute atomic E-state index is 4.82. The Morgan fingerprint density at radius 3 is 2.24 bits per heavy atom. The summed E-state index contributed by atoms with van der Waals surface area (Å²) in [4.78, 5) is 2.85. The minimum Gasteiger partial charge on any atom is -0.168 e. The molecule has 0 bridgehead atoms. The van der Waals surface area contributed by atoms with Crippen molar-refractivity contribution in [3.05, 3.63) is 45.8 Å². The van der Waals surface area contributed by atoms with Crippen LogP contribution in [0.2, 0.25) is 0 Å². The summed E-state index contributed by atoms with van der Waals surface area (Å²) < 4.78 is 1.34. The van der Waals surface area contributed by atoms with Crippen LogP contribution in [-0.2, 0) is 11.2 Å². The number of thiol groups is 1. The molecular formula is C18H24S3. The second-order valence-corrected chi connectivity index (χ2v) is 9.21. The fourth-order valence-corrected chi connectivity index (χ4v) is 4.65. The highest BCUT2D eigenvalue weighted by atomic mass is 32.2. The molecule has 21 heavy (non-hydrogen) atoms. The zero-order valence-electron chi connectivity index (χ0n) is 13.5. The molecule has 1 heterocycles. The molecule has 1 unspecified atom stereocenters. The molecule has 0 saturated carbocycles. The van der Waals surface area contributed by atoms with E-state index in [-0.39, 0.29) is 4.75 Å². The third-order valence-corrected chi connectivity index (χ3v) is 7.24. The number of hydrogen-bond acceptors (Lipinski definition) is 3. The maximum Gasteiger partial charge on any atom is 0.0649 e. The van der Waals surface area contributed by atoms with E-state index in [4.69, 9.17) is 12.6 Å². The standard InChI is InChI=1S/C18H24S3/c1-6-15-8-9-16(20-15)21-17-12(3)10-14(11-13(17)4)18(5,19)7-2/h8-11,19H,6-7H2,1-5H3. The Labute approximate surface area is 142 Å². The van der Waals surface area contributed by atoms with Gasteiger partial charge in [0, 0.05) is 14.5 Å². The van der Waals surface area contributed by atoms with Crippen LogP contribution < -0.4 is 0 Å². The van der Waals surface area contributed by atoms with Gasteiger partial charge in [-0.15, -0.1) is 11.3 Å².